The summed E-state index contributed by atoms with van der Waals surface area (Å²) in [5.41, 5.74) is 0.309. The van der Waals surface area contributed by atoms with E-state index in [1.165, 1.54) is 22.5 Å². The molecule has 1 aliphatic heterocycles. The topological polar surface area (TPSA) is 92.8 Å². The van der Waals surface area contributed by atoms with Crippen molar-refractivity contribution < 1.29 is 26.0 Å². The summed E-state index contributed by atoms with van der Waals surface area (Å²) in [7, 11) is -7.19. The standard InChI is InChI=1S/C14H21FN2O5S2/c15-14-4-2-1-3-13(14)5-11-23(18,19)16-6-12-24(20,21)17-7-9-22-10-8-17/h1-4,16H,5-12H2. The summed E-state index contributed by atoms with van der Waals surface area (Å²) in [6.45, 7) is 1.03. The van der Waals surface area contributed by atoms with Gasteiger partial charge in [0, 0.05) is 19.6 Å². The van der Waals surface area contributed by atoms with E-state index >= 15 is 0 Å². The number of benzene rings is 1. The first-order chi connectivity index (χ1) is 11.3. The first-order valence-electron chi connectivity index (χ1n) is 7.56. The molecule has 1 aliphatic rings. The Morgan fingerprint density at radius 2 is 1.75 bits per heavy atom. The van der Waals surface area contributed by atoms with Crippen LogP contribution in [0.4, 0.5) is 4.39 Å². The van der Waals surface area contributed by atoms with Crippen molar-refractivity contribution in [1.29, 1.82) is 0 Å². The van der Waals surface area contributed by atoms with Gasteiger partial charge in [-0.2, -0.15) is 4.31 Å². The zero-order chi connectivity index (χ0) is 17.6. The number of halogens is 1. The van der Waals surface area contributed by atoms with E-state index in [4.69, 9.17) is 4.74 Å². The molecule has 0 aromatic heterocycles. The highest BCUT2D eigenvalue weighted by molar-refractivity contribution is 7.90. The molecular formula is C14H21FN2O5S2. The van der Waals surface area contributed by atoms with Gasteiger partial charge in [-0.25, -0.2) is 25.9 Å². The lowest BCUT2D eigenvalue weighted by atomic mass is 10.2. The van der Waals surface area contributed by atoms with Crippen LogP contribution in [-0.4, -0.2) is 65.5 Å². The Labute approximate surface area is 141 Å². The van der Waals surface area contributed by atoms with Gasteiger partial charge in [0.05, 0.1) is 24.7 Å². The fourth-order valence-corrected chi connectivity index (χ4v) is 4.80. The number of sulfonamides is 2. The lowest BCUT2D eigenvalue weighted by Gasteiger charge is -2.26. The van der Waals surface area contributed by atoms with E-state index in [-0.39, 0.29) is 37.6 Å². The molecule has 24 heavy (non-hydrogen) atoms. The van der Waals surface area contributed by atoms with Gasteiger partial charge < -0.3 is 4.74 Å². The summed E-state index contributed by atoms with van der Waals surface area (Å²) in [5, 5.41) is 0. The molecule has 7 nitrogen and oxygen atoms in total. The van der Waals surface area contributed by atoms with Gasteiger partial charge in [-0.3, -0.25) is 0 Å². The Kier molecular flexibility index (Phi) is 6.70. The number of nitrogens with one attached hydrogen (secondary N) is 1. The van der Waals surface area contributed by atoms with Crippen molar-refractivity contribution in [3.05, 3.63) is 35.6 Å². The maximum atomic E-state index is 13.5. The molecule has 1 saturated heterocycles. The minimum Gasteiger partial charge on any atom is -0.379 e. The van der Waals surface area contributed by atoms with Gasteiger partial charge in [0.2, 0.25) is 20.0 Å². The molecule has 0 radical (unpaired) electrons. The highest BCUT2D eigenvalue weighted by atomic mass is 32.2. The summed E-state index contributed by atoms with van der Waals surface area (Å²) >= 11 is 0. The van der Waals surface area contributed by atoms with Crippen LogP contribution in [0.1, 0.15) is 5.56 Å². The van der Waals surface area contributed by atoms with E-state index in [1.807, 2.05) is 0 Å². The van der Waals surface area contributed by atoms with Gasteiger partial charge >= 0.3 is 0 Å². The highest BCUT2D eigenvalue weighted by Crippen LogP contribution is 2.08. The Morgan fingerprint density at radius 3 is 2.42 bits per heavy atom. The van der Waals surface area contributed by atoms with Gasteiger partial charge in [0.15, 0.2) is 0 Å². The van der Waals surface area contributed by atoms with Crippen LogP contribution in [0, 0.1) is 5.82 Å². The van der Waals surface area contributed by atoms with Crippen molar-refractivity contribution in [3.8, 4) is 0 Å². The maximum Gasteiger partial charge on any atom is 0.215 e. The quantitative estimate of drug-likeness (QED) is 0.683. The van der Waals surface area contributed by atoms with Gasteiger partial charge in [0.1, 0.15) is 5.82 Å². The van der Waals surface area contributed by atoms with E-state index < -0.39 is 25.9 Å². The summed E-state index contributed by atoms with van der Waals surface area (Å²) in [4.78, 5) is 0. The molecule has 0 atom stereocenters. The number of hydrogen-bond acceptors (Lipinski definition) is 5. The van der Waals surface area contributed by atoms with Gasteiger partial charge in [-0.15, -0.1) is 0 Å². The van der Waals surface area contributed by atoms with E-state index in [0.29, 0.717) is 18.8 Å². The second kappa shape index (κ2) is 8.34. The lowest BCUT2D eigenvalue weighted by Crippen LogP contribution is -2.44. The predicted molar refractivity (Wildman–Crippen MR) is 88.1 cm³/mol. The zero-order valence-electron chi connectivity index (χ0n) is 13.1. The third kappa shape index (κ3) is 5.78. The fourth-order valence-electron chi connectivity index (χ4n) is 2.30. The summed E-state index contributed by atoms with van der Waals surface area (Å²) < 4.78 is 70.1. The van der Waals surface area contributed by atoms with Crippen molar-refractivity contribution in [3.63, 3.8) is 0 Å². The first kappa shape index (κ1) is 19.3. The van der Waals surface area contributed by atoms with Gasteiger partial charge in [0.25, 0.3) is 0 Å². The number of rotatable bonds is 8. The van der Waals surface area contributed by atoms with Crippen molar-refractivity contribution in [2.45, 2.75) is 6.42 Å². The predicted octanol–water partition coefficient (Wildman–Crippen LogP) is -0.0504. The number of nitrogens with zero attached hydrogens (tertiary/aromatic N) is 1. The Balaban J connectivity index is 1.81. The molecule has 1 N–H and O–H groups in total. The highest BCUT2D eigenvalue weighted by Gasteiger charge is 2.24. The third-order valence-electron chi connectivity index (χ3n) is 3.64. The Morgan fingerprint density at radius 1 is 1.08 bits per heavy atom. The second-order valence-corrected chi connectivity index (χ2v) is 9.40. The fraction of sp³-hybridized carbons (Fsp3) is 0.571. The largest absolute Gasteiger partial charge is 0.379 e. The van der Waals surface area contributed by atoms with Crippen LogP contribution in [-0.2, 0) is 31.2 Å². The van der Waals surface area contributed by atoms with Gasteiger partial charge in [-0.1, -0.05) is 18.2 Å². The van der Waals surface area contributed by atoms with Crippen molar-refractivity contribution in [2.24, 2.45) is 0 Å². The lowest BCUT2D eigenvalue weighted by molar-refractivity contribution is 0.0730. The average molecular weight is 380 g/mol. The van der Waals surface area contributed by atoms with Gasteiger partial charge in [-0.05, 0) is 18.1 Å². The summed E-state index contributed by atoms with van der Waals surface area (Å²) in [6, 6.07) is 5.95. The molecule has 0 bridgehead atoms. The molecule has 2 rings (SSSR count). The van der Waals surface area contributed by atoms with Crippen molar-refractivity contribution in [2.75, 3.05) is 44.4 Å². The molecule has 1 heterocycles. The normalized spacial score (nSPS) is 17.0. The zero-order valence-corrected chi connectivity index (χ0v) is 14.8. The minimum atomic E-state index is -3.67. The van der Waals surface area contributed by atoms with Crippen LogP contribution in [0.15, 0.2) is 24.3 Å². The maximum absolute atomic E-state index is 13.5. The SMILES string of the molecule is O=S(=O)(CCc1ccccc1F)NCCS(=O)(=O)N1CCOCC1. The minimum absolute atomic E-state index is 0.0260. The summed E-state index contributed by atoms with van der Waals surface area (Å²) in [6.07, 6.45) is 0.0260. The number of hydrogen-bond donors (Lipinski definition) is 1. The molecule has 0 amide bonds. The molecule has 1 aromatic carbocycles. The van der Waals surface area contributed by atoms with Crippen molar-refractivity contribution >= 4 is 20.0 Å². The van der Waals surface area contributed by atoms with Crippen LogP contribution in [0.2, 0.25) is 0 Å². The Bertz CT molecular complexity index is 746. The molecule has 0 unspecified atom stereocenters. The van der Waals surface area contributed by atoms with Crippen LogP contribution < -0.4 is 4.72 Å². The second-order valence-electron chi connectivity index (χ2n) is 5.38. The number of aryl methyl sites for hydroxylation is 1. The Hall–Kier alpha value is -1.07. The molecular weight excluding hydrogens is 359 g/mol. The monoisotopic (exact) mass is 380 g/mol. The molecule has 136 valence electrons. The van der Waals surface area contributed by atoms with Crippen LogP contribution in [0.5, 0.6) is 0 Å². The molecule has 0 spiro atoms. The molecule has 0 saturated carbocycles. The van der Waals surface area contributed by atoms with E-state index in [0.717, 1.165) is 0 Å². The molecule has 0 aliphatic carbocycles. The van der Waals surface area contributed by atoms with Crippen LogP contribution in [0.3, 0.4) is 0 Å². The first-order valence-corrected chi connectivity index (χ1v) is 10.8. The van der Waals surface area contributed by atoms with E-state index in [9.17, 15) is 21.2 Å². The third-order valence-corrected chi connectivity index (χ3v) is 6.90. The molecule has 1 aromatic rings. The van der Waals surface area contributed by atoms with E-state index in [2.05, 4.69) is 4.72 Å². The average Bonchev–Trinajstić information content (AvgIpc) is 2.54. The summed E-state index contributed by atoms with van der Waals surface area (Å²) in [5.74, 6) is -1.07. The van der Waals surface area contributed by atoms with Crippen LogP contribution >= 0.6 is 0 Å². The van der Waals surface area contributed by atoms with Crippen molar-refractivity contribution in [1.82, 2.24) is 9.03 Å². The van der Waals surface area contributed by atoms with Crippen LogP contribution in [0.25, 0.3) is 0 Å². The smallest absolute Gasteiger partial charge is 0.215 e. The van der Waals surface area contributed by atoms with E-state index in [1.54, 1.807) is 6.07 Å². The molecule has 10 heteroatoms. The number of ether oxygens (including phenoxy) is 1. The molecule has 1 fully saturated rings. The number of morpholine rings is 1.